The minimum atomic E-state index is -1.09. The molecule has 0 spiro atoms. The maximum absolute atomic E-state index is 9.67. The van der Waals surface area contributed by atoms with Crippen molar-refractivity contribution in [3.05, 3.63) is 0 Å². The summed E-state index contributed by atoms with van der Waals surface area (Å²) in [6.07, 6.45) is -2.96. The highest BCUT2D eigenvalue weighted by Crippen LogP contribution is 2.24. The Kier molecular flexibility index (Phi) is 4.28. The summed E-state index contributed by atoms with van der Waals surface area (Å²) in [4.78, 5) is 0. The average Bonchev–Trinajstić information content (AvgIpc) is 2.21. The zero-order valence-electron chi connectivity index (χ0n) is 8.46. The third-order valence-corrected chi connectivity index (χ3v) is 2.64. The Balaban J connectivity index is 2.71. The standard InChI is InChI=1S/C9H18O5/c1-3-5-9(13-2)8(12)7(11)6(4-10)14-5/h5-12H,3-4H2,1-2H3/t5?,6-,7-,8+,9-/m1/s1. The molecule has 1 fully saturated rings. The first kappa shape index (κ1) is 11.9. The molecule has 0 amide bonds. The van der Waals surface area contributed by atoms with Gasteiger partial charge in [0, 0.05) is 7.11 Å². The molecule has 1 aliphatic heterocycles. The lowest BCUT2D eigenvalue weighted by Crippen LogP contribution is -2.58. The molecule has 14 heavy (non-hydrogen) atoms. The van der Waals surface area contributed by atoms with E-state index in [4.69, 9.17) is 14.6 Å². The summed E-state index contributed by atoms with van der Waals surface area (Å²) in [5, 5.41) is 28.1. The minimum absolute atomic E-state index is 0.282. The van der Waals surface area contributed by atoms with Crippen molar-refractivity contribution in [2.45, 2.75) is 43.9 Å². The van der Waals surface area contributed by atoms with Crippen LogP contribution in [-0.2, 0) is 9.47 Å². The summed E-state index contributed by atoms with van der Waals surface area (Å²) in [6.45, 7) is 1.60. The van der Waals surface area contributed by atoms with E-state index in [1.807, 2.05) is 6.92 Å². The second-order valence-corrected chi connectivity index (χ2v) is 3.49. The molecule has 1 unspecified atom stereocenters. The smallest absolute Gasteiger partial charge is 0.112 e. The van der Waals surface area contributed by atoms with Crippen LogP contribution in [0.1, 0.15) is 13.3 Å². The van der Waals surface area contributed by atoms with Gasteiger partial charge < -0.3 is 24.8 Å². The number of aliphatic hydroxyl groups excluding tert-OH is 3. The van der Waals surface area contributed by atoms with E-state index in [0.29, 0.717) is 6.42 Å². The van der Waals surface area contributed by atoms with E-state index < -0.39 is 24.4 Å². The molecule has 0 aromatic heterocycles. The van der Waals surface area contributed by atoms with Crippen LogP contribution >= 0.6 is 0 Å². The van der Waals surface area contributed by atoms with Gasteiger partial charge in [0.2, 0.25) is 0 Å². The largest absolute Gasteiger partial charge is 0.394 e. The Morgan fingerprint density at radius 1 is 1.21 bits per heavy atom. The van der Waals surface area contributed by atoms with Crippen LogP contribution < -0.4 is 0 Å². The van der Waals surface area contributed by atoms with Crippen LogP contribution in [0.2, 0.25) is 0 Å². The number of ether oxygens (including phenoxy) is 2. The van der Waals surface area contributed by atoms with E-state index in [9.17, 15) is 10.2 Å². The van der Waals surface area contributed by atoms with Gasteiger partial charge in [0.15, 0.2) is 0 Å². The predicted molar refractivity (Wildman–Crippen MR) is 48.8 cm³/mol. The summed E-state index contributed by atoms with van der Waals surface area (Å²) in [6, 6.07) is 0. The number of rotatable bonds is 3. The quantitative estimate of drug-likeness (QED) is 0.546. The molecule has 0 aliphatic carbocycles. The number of methoxy groups -OCH3 is 1. The summed E-state index contributed by atoms with van der Waals surface area (Å²) in [5.74, 6) is 0. The van der Waals surface area contributed by atoms with E-state index in [0.717, 1.165) is 0 Å². The van der Waals surface area contributed by atoms with Crippen molar-refractivity contribution in [2.75, 3.05) is 13.7 Å². The molecule has 0 saturated carbocycles. The molecule has 1 rings (SSSR count). The number of hydrogen-bond acceptors (Lipinski definition) is 5. The van der Waals surface area contributed by atoms with E-state index in [2.05, 4.69) is 0 Å². The first-order chi connectivity index (χ1) is 6.65. The summed E-state index contributed by atoms with van der Waals surface area (Å²) >= 11 is 0. The maximum atomic E-state index is 9.67. The molecule has 0 radical (unpaired) electrons. The fourth-order valence-electron chi connectivity index (χ4n) is 1.79. The molecule has 5 nitrogen and oxygen atoms in total. The van der Waals surface area contributed by atoms with Gasteiger partial charge in [0.05, 0.1) is 12.7 Å². The van der Waals surface area contributed by atoms with Gasteiger partial charge in [-0.25, -0.2) is 0 Å². The van der Waals surface area contributed by atoms with Crippen LogP contribution in [0.5, 0.6) is 0 Å². The van der Waals surface area contributed by atoms with Crippen LogP contribution in [0.4, 0.5) is 0 Å². The Morgan fingerprint density at radius 2 is 1.86 bits per heavy atom. The predicted octanol–water partition coefficient (Wildman–Crippen LogP) is -1.11. The zero-order valence-corrected chi connectivity index (χ0v) is 8.46. The fraction of sp³-hybridized carbons (Fsp3) is 1.00. The SMILES string of the molecule is CCC1O[C@H](CO)[C@@H](O)[C@H](O)[C@@H]1OC. The second kappa shape index (κ2) is 5.04. The van der Waals surface area contributed by atoms with Crippen LogP contribution in [0.3, 0.4) is 0 Å². The van der Waals surface area contributed by atoms with Crippen LogP contribution in [0.25, 0.3) is 0 Å². The van der Waals surface area contributed by atoms with Gasteiger partial charge in [-0.3, -0.25) is 0 Å². The zero-order chi connectivity index (χ0) is 10.7. The maximum Gasteiger partial charge on any atom is 0.112 e. The molecule has 5 heteroatoms. The monoisotopic (exact) mass is 206 g/mol. The van der Waals surface area contributed by atoms with Crippen molar-refractivity contribution in [1.29, 1.82) is 0 Å². The lowest BCUT2D eigenvalue weighted by atomic mass is 9.94. The highest BCUT2D eigenvalue weighted by molar-refractivity contribution is 4.92. The molecule has 1 aliphatic rings. The summed E-state index contributed by atoms with van der Waals surface area (Å²) in [5.41, 5.74) is 0. The Hall–Kier alpha value is -0.200. The molecule has 1 saturated heterocycles. The van der Waals surface area contributed by atoms with E-state index in [-0.39, 0.29) is 12.7 Å². The molecular formula is C9H18O5. The number of hydrogen-bond donors (Lipinski definition) is 3. The van der Waals surface area contributed by atoms with Crippen LogP contribution in [0, 0.1) is 0 Å². The normalized spacial score (nSPS) is 43.9. The van der Waals surface area contributed by atoms with E-state index in [1.54, 1.807) is 0 Å². The fourth-order valence-corrected chi connectivity index (χ4v) is 1.79. The molecule has 0 bridgehead atoms. The van der Waals surface area contributed by atoms with E-state index in [1.165, 1.54) is 7.11 Å². The van der Waals surface area contributed by atoms with Crippen LogP contribution in [-0.4, -0.2) is 59.6 Å². The van der Waals surface area contributed by atoms with Gasteiger partial charge in [-0.1, -0.05) is 6.92 Å². The first-order valence-electron chi connectivity index (χ1n) is 4.80. The Bertz CT molecular complexity index is 173. The van der Waals surface area contributed by atoms with Gasteiger partial charge >= 0.3 is 0 Å². The second-order valence-electron chi connectivity index (χ2n) is 3.49. The van der Waals surface area contributed by atoms with Gasteiger partial charge in [-0.2, -0.15) is 0 Å². The lowest BCUT2D eigenvalue weighted by molar-refractivity contribution is -0.235. The molecule has 0 aromatic carbocycles. The molecule has 0 aromatic rings. The summed E-state index contributed by atoms with van der Waals surface area (Å²) < 4.78 is 10.4. The van der Waals surface area contributed by atoms with Crippen molar-refractivity contribution in [1.82, 2.24) is 0 Å². The van der Waals surface area contributed by atoms with Gasteiger partial charge in [0.25, 0.3) is 0 Å². The first-order valence-corrected chi connectivity index (χ1v) is 4.80. The van der Waals surface area contributed by atoms with Crippen molar-refractivity contribution in [3.63, 3.8) is 0 Å². The minimum Gasteiger partial charge on any atom is -0.394 e. The molecular weight excluding hydrogens is 188 g/mol. The third-order valence-electron chi connectivity index (χ3n) is 2.64. The lowest BCUT2D eigenvalue weighted by Gasteiger charge is -2.41. The van der Waals surface area contributed by atoms with E-state index >= 15 is 0 Å². The van der Waals surface area contributed by atoms with Gasteiger partial charge in [0.1, 0.15) is 24.4 Å². The average molecular weight is 206 g/mol. The third kappa shape index (κ3) is 2.07. The van der Waals surface area contributed by atoms with Crippen molar-refractivity contribution < 1.29 is 24.8 Å². The molecule has 5 atom stereocenters. The number of aliphatic hydroxyl groups is 3. The highest BCUT2D eigenvalue weighted by atomic mass is 16.6. The van der Waals surface area contributed by atoms with Crippen molar-refractivity contribution in [3.8, 4) is 0 Å². The van der Waals surface area contributed by atoms with Crippen LogP contribution in [0.15, 0.2) is 0 Å². The van der Waals surface area contributed by atoms with Gasteiger partial charge in [-0.05, 0) is 6.42 Å². The van der Waals surface area contributed by atoms with Gasteiger partial charge in [-0.15, -0.1) is 0 Å². The van der Waals surface area contributed by atoms with Crippen molar-refractivity contribution >= 4 is 0 Å². The summed E-state index contributed by atoms with van der Waals surface area (Å²) in [7, 11) is 1.46. The molecule has 84 valence electrons. The van der Waals surface area contributed by atoms with Crippen molar-refractivity contribution in [2.24, 2.45) is 0 Å². The molecule has 3 N–H and O–H groups in total. The highest BCUT2D eigenvalue weighted by Gasteiger charge is 2.43. The topological polar surface area (TPSA) is 79.2 Å². The molecule has 1 heterocycles. The Morgan fingerprint density at radius 3 is 2.29 bits per heavy atom. The Labute approximate surface area is 83.3 Å².